The van der Waals surface area contributed by atoms with Crippen LogP contribution >= 0.6 is 0 Å². The number of amides is 1. The van der Waals surface area contributed by atoms with Crippen LogP contribution in [0.25, 0.3) is 0 Å². The van der Waals surface area contributed by atoms with Crippen LogP contribution in [-0.2, 0) is 10.9 Å². The summed E-state index contributed by atoms with van der Waals surface area (Å²) < 4.78 is 42.3. The molecular weight excluding hydrogens is 285 g/mol. The number of hydrazone groups is 1. The molecule has 0 fully saturated rings. The highest BCUT2D eigenvalue weighted by molar-refractivity contribution is 5.99. The molecule has 0 radical (unpaired) electrons. The van der Waals surface area contributed by atoms with Crippen LogP contribution < -0.4 is 5.43 Å². The zero-order valence-electron chi connectivity index (χ0n) is 12.2. The number of ether oxygens (including phenoxy) is 1. The van der Waals surface area contributed by atoms with Gasteiger partial charge in [-0.05, 0) is 45.4 Å². The van der Waals surface area contributed by atoms with Gasteiger partial charge >= 0.3 is 12.3 Å². The molecule has 1 amide bonds. The Labute approximate surface area is 121 Å². The average Bonchev–Trinajstić information content (AvgIpc) is 2.33. The van der Waals surface area contributed by atoms with Crippen LogP contribution in [-0.4, -0.2) is 17.4 Å². The van der Waals surface area contributed by atoms with Gasteiger partial charge in [-0.1, -0.05) is 12.1 Å². The monoisotopic (exact) mass is 302 g/mol. The molecule has 1 aromatic rings. The molecule has 0 aliphatic heterocycles. The predicted octanol–water partition coefficient (Wildman–Crippen LogP) is 3.95. The number of nitrogens with zero attached hydrogens (tertiary/aromatic N) is 1. The average molecular weight is 302 g/mol. The first-order valence-corrected chi connectivity index (χ1v) is 6.20. The van der Waals surface area contributed by atoms with Crippen LogP contribution in [0.15, 0.2) is 29.4 Å². The topological polar surface area (TPSA) is 50.7 Å². The number of hydrogen-bond acceptors (Lipinski definition) is 3. The number of rotatable bonds is 2. The normalized spacial score (nSPS) is 13.0. The molecule has 0 spiro atoms. The second-order valence-corrected chi connectivity index (χ2v) is 5.39. The van der Waals surface area contributed by atoms with Crippen molar-refractivity contribution in [1.29, 1.82) is 0 Å². The lowest BCUT2D eigenvalue weighted by molar-refractivity contribution is -0.137. The minimum atomic E-state index is -4.38. The van der Waals surface area contributed by atoms with Crippen molar-refractivity contribution in [2.75, 3.05) is 0 Å². The van der Waals surface area contributed by atoms with Gasteiger partial charge in [0, 0.05) is 0 Å². The lowest BCUT2D eigenvalue weighted by Gasteiger charge is -2.18. The van der Waals surface area contributed by atoms with Gasteiger partial charge in [0.2, 0.25) is 0 Å². The lowest BCUT2D eigenvalue weighted by Crippen LogP contribution is -2.30. The lowest BCUT2D eigenvalue weighted by atomic mass is 10.1. The zero-order chi connectivity index (χ0) is 16.3. The summed E-state index contributed by atoms with van der Waals surface area (Å²) in [5.74, 6) is 0. The van der Waals surface area contributed by atoms with Gasteiger partial charge in [0.05, 0.1) is 11.3 Å². The van der Waals surface area contributed by atoms with Gasteiger partial charge in [0.1, 0.15) is 5.60 Å². The first kappa shape index (κ1) is 17.0. The number of alkyl halides is 3. The Morgan fingerprint density at radius 3 is 2.10 bits per heavy atom. The summed E-state index contributed by atoms with van der Waals surface area (Å²) in [5, 5.41) is 3.78. The van der Waals surface area contributed by atoms with Gasteiger partial charge in [-0.15, -0.1) is 0 Å². The molecule has 0 unspecified atom stereocenters. The van der Waals surface area contributed by atoms with Gasteiger partial charge < -0.3 is 4.74 Å². The molecule has 4 nitrogen and oxygen atoms in total. The van der Waals surface area contributed by atoms with E-state index >= 15 is 0 Å². The summed E-state index contributed by atoms with van der Waals surface area (Å²) in [4.78, 5) is 11.4. The van der Waals surface area contributed by atoms with Crippen LogP contribution in [0.2, 0.25) is 0 Å². The molecule has 7 heteroatoms. The van der Waals surface area contributed by atoms with Crippen molar-refractivity contribution >= 4 is 11.8 Å². The molecule has 0 saturated heterocycles. The van der Waals surface area contributed by atoms with Crippen molar-refractivity contribution < 1.29 is 22.7 Å². The smallest absolute Gasteiger partial charge is 0.428 e. The van der Waals surface area contributed by atoms with E-state index in [1.54, 1.807) is 27.7 Å². The second kappa shape index (κ2) is 6.15. The van der Waals surface area contributed by atoms with Crippen LogP contribution in [0.1, 0.15) is 38.8 Å². The predicted molar refractivity (Wildman–Crippen MR) is 73.0 cm³/mol. The highest BCUT2D eigenvalue weighted by Gasteiger charge is 2.30. The van der Waals surface area contributed by atoms with E-state index < -0.39 is 23.4 Å². The molecular formula is C14H17F3N2O2. The summed E-state index contributed by atoms with van der Waals surface area (Å²) in [6, 6.07) is 4.50. The van der Waals surface area contributed by atoms with Crippen LogP contribution in [0, 0.1) is 0 Å². The number of carbonyl (C=O) groups excluding carboxylic acids is 1. The molecule has 1 rings (SSSR count). The van der Waals surface area contributed by atoms with Crippen molar-refractivity contribution in [3.8, 4) is 0 Å². The summed E-state index contributed by atoms with van der Waals surface area (Å²) in [6.45, 7) is 6.69. The third-order valence-electron chi connectivity index (χ3n) is 2.34. The van der Waals surface area contributed by atoms with Gasteiger partial charge in [-0.3, -0.25) is 0 Å². The molecule has 0 heterocycles. The number of benzene rings is 1. The van der Waals surface area contributed by atoms with E-state index in [-0.39, 0.29) is 0 Å². The van der Waals surface area contributed by atoms with Gasteiger partial charge in [-0.2, -0.15) is 18.3 Å². The van der Waals surface area contributed by atoms with E-state index in [1.807, 2.05) is 0 Å². The molecule has 21 heavy (non-hydrogen) atoms. The third kappa shape index (κ3) is 5.85. The van der Waals surface area contributed by atoms with E-state index in [9.17, 15) is 18.0 Å². The van der Waals surface area contributed by atoms with E-state index in [0.29, 0.717) is 11.3 Å². The van der Waals surface area contributed by atoms with Crippen molar-refractivity contribution in [2.45, 2.75) is 39.5 Å². The third-order valence-corrected chi connectivity index (χ3v) is 2.34. The Kier molecular flexibility index (Phi) is 4.98. The van der Waals surface area contributed by atoms with Crippen LogP contribution in [0.3, 0.4) is 0 Å². The summed E-state index contributed by atoms with van der Waals surface area (Å²) in [5.41, 5.74) is 1.64. The fourth-order valence-electron chi connectivity index (χ4n) is 1.40. The first-order valence-electron chi connectivity index (χ1n) is 6.20. The highest BCUT2D eigenvalue weighted by Crippen LogP contribution is 2.29. The van der Waals surface area contributed by atoms with Crippen molar-refractivity contribution in [1.82, 2.24) is 5.43 Å². The minimum Gasteiger partial charge on any atom is -0.443 e. The van der Waals surface area contributed by atoms with E-state index in [0.717, 1.165) is 12.1 Å². The number of halogens is 3. The van der Waals surface area contributed by atoms with Crippen LogP contribution in [0.5, 0.6) is 0 Å². The van der Waals surface area contributed by atoms with Gasteiger partial charge in [-0.25, -0.2) is 10.2 Å². The summed E-state index contributed by atoms with van der Waals surface area (Å²) in [7, 11) is 0. The molecule has 1 aromatic carbocycles. The molecule has 0 aromatic heterocycles. The molecule has 0 aliphatic rings. The zero-order valence-corrected chi connectivity index (χ0v) is 12.2. The maximum absolute atomic E-state index is 12.4. The highest BCUT2D eigenvalue weighted by atomic mass is 19.4. The molecule has 0 aliphatic carbocycles. The van der Waals surface area contributed by atoms with Crippen molar-refractivity contribution in [3.05, 3.63) is 35.4 Å². The Hall–Kier alpha value is -2.05. The fourth-order valence-corrected chi connectivity index (χ4v) is 1.40. The number of carbonyl (C=O) groups is 1. The van der Waals surface area contributed by atoms with Crippen LogP contribution in [0.4, 0.5) is 18.0 Å². The van der Waals surface area contributed by atoms with E-state index in [1.165, 1.54) is 12.1 Å². The standard InChI is InChI=1S/C14H17F3N2O2/c1-9(18-19-12(20)21-13(2,3)4)10-5-7-11(8-6-10)14(15,16)17/h5-8H,1-4H3,(H,19,20). The first-order chi connectivity index (χ1) is 9.49. The molecule has 1 N–H and O–H groups in total. The fraction of sp³-hybridized carbons (Fsp3) is 0.429. The molecule has 116 valence electrons. The largest absolute Gasteiger partial charge is 0.443 e. The molecule has 0 atom stereocenters. The second-order valence-electron chi connectivity index (χ2n) is 5.39. The summed E-state index contributed by atoms with van der Waals surface area (Å²) >= 11 is 0. The Morgan fingerprint density at radius 1 is 1.14 bits per heavy atom. The van der Waals surface area contributed by atoms with Crippen molar-refractivity contribution in [3.63, 3.8) is 0 Å². The number of hydrogen-bond donors (Lipinski definition) is 1. The van der Waals surface area contributed by atoms with Crippen molar-refractivity contribution in [2.24, 2.45) is 5.10 Å². The van der Waals surface area contributed by atoms with E-state index in [2.05, 4.69) is 10.5 Å². The number of nitrogens with one attached hydrogen (secondary N) is 1. The van der Waals surface area contributed by atoms with E-state index in [4.69, 9.17) is 4.74 Å². The Bertz CT molecular complexity index is 529. The Morgan fingerprint density at radius 2 is 1.67 bits per heavy atom. The minimum absolute atomic E-state index is 0.370. The van der Waals surface area contributed by atoms with Gasteiger partial charge in [0.25, 0.3) is 0 Å². The molecule has 0 bridgehead atoms. The Balaban J connectivity index is 2.73. The summed E-state index contributed by atoms with van der Waals surface area (Å²) in [6.07, 6.45) is -5.10. The maximum atomic E-state index is 12.4. The SMILES string of the molecule is CC(=NNC(=O)OC(C)(C)C)c1ccc(C(F)(F)F)cc1. The maximum Gasteiger partial charge on any atom is 0.428 e. The molecule has 0 saturated carbocycles. The quantitative estimate of drug-likeness (QED) is 0.664. The van der Waals surface area contributed by atoms with Gasteiger partial charge in [0.15, 0.2) is 0 Å².